The number of phosphoric ester groups is 1. The van der Waals surface area contributed by atoms with Crippen molar-refractivity contribution in [1.82, 2.24) is 5.32 Å². The highest BCUT2D eigenvalue weighted by Gasteiger charge is 2.30. The minimum absolute atomic E-state index is 0.0272. The van der Waals surface area contributed by atoms with Gasteiger partial charge in [-0.3, -0.25) is 18.6 Å². The molecule has 0 bridgehead atoms. The van der Waals surface area contributed by atoms with E-state index in [0.717, 1.165) is 77.0 Å². The van der Waals surface area contributed by atoms with Crippen LogP contribution < -0.4 is 5.32 Å². The summed E-state index contributed by atoms with van der Waals surface area (Å²) in [6.07, 6.45) is 68.3. The molecule has 1 amide bonds. The summed E-state index contributed by atoms with van der Waals surface area (Å²) in [7, 11) is 1.45. The Morgan fingerprint density at radius 1 is 0.500 bits per heavy atom. The van der Waals surface area contributed by atoms with Gasteiger partial charge in [0.2, 0.25) is 5.91 Å². The first-order valence-corrected chi connectivity index (χ1v) is 30.6. The molecule has 0 aromatic heterocycles. The SMILES string of the molecule is CC\C=C/C=C/C=C/C=C\C=C\C=C\CCCCCC(=O)OC(/C=C/CCCCCCCCCCCC)C(COP(=O)(O)OCC[N+](C)(C)C)NC(=O)CCCCCCCCC/C=C/CCCCCCCC. The zero-order chi connectivity index (χ0) is 52.9. The monoisotopic (exact) mass is 1030 g/mol. The van der Waals surface area contributed by atoms with Crippen LogP contribution in [-0.4, -0.2) is 74.3 Å². The maximum absolute atomic E-state index is 13.5. The highest BCUT2D eigenvalue weighted by Crippen LogP contribution is 2.43. The van der Waals surface area contributed by atoms with Crippen molar-refractivity contribution in [3.8, 4) is 0 Å². The van der Waals surface area contributed by atoms with Crippen LogP contribution in [0.5, 0.6) is 0 Å². The van der Waals surface area contributed by atoms with Crippen molar-refractivity contribution in [1.29, 1.82) is 0 Å². The van der Waals surface area contributed by atoms with Crippen molar-refractivity contribution < 1.29 is 37.3 Å². The molecule has 414 valence electrons. The maximum Gasteiger partial charge on any atom is 0.472 e. The Balaban J connectivity index is 5.43. The lowest BCUT2D eigenvalue weighted by molar-refractivity contribution is -0.870. The summed E-state index contributed by atoms with van der Waals surface area (Å²) in [6, 6.07) is -0.874. The van der Waals surface area contributed by atoms with Crippen LogP contribution in [0.3, 0.4) is 0 Å². The third-order valence-electron chi connectivity index (χ3n) is 12.4. The number of unbranched alkanes of at least 4 members (excludes halogenated alkanes) is 26. The van der Waals surface area contributed by atoms with Gasteiger partial charge in [-0.1, -0.05) is 240 Å². The van der Waals surface area contributed by atoms with Gasteiger partial charge in [0.05, 0.1) is 33.8 Å². The number of likely N-dealkylation sites (N-methyl/N-ethyl adjacent to an activating group) is 1. The molecule has 0 fully saturated rings. The number of amides is 1. The average Bonchev–Trinajstić information content (AvgIpc) is 3.34. The third-order valence-corrected chi connectivity index (χ3v) is 13.4. The molecule has 0 aliphatic rings. The number of phosphoric acid groups is 1. The molecule has 0 heterocycles. The minimum atomic E-state index is -4.46. The summed E-state index contributed by atoms with van der Waals surface area (Å²) >= 11 is 0. The van der Waals surface area contributed by atoms with Gasteiger partial charge in [-0.05, 0) is 76.7 Å². The number of nitrogens with zero attached hydrogens (tertiary/aromatic N) is 1. The van der Waals surface area contributed by atoms with E-state index in [9.17, 15) is 19.0 Å². The summed E-state index contributed by atoms with van der Waals surface area (Å²) in [5, 5.41) is 3.03. The molecule has 0 aromatic carbocycles. The standard InChI is InChI=1S/C62H109N2O7P/c1-7-10-13-16-19-22-25-28-30-32-34-36-39-42-45-48-51-54-61(65)63-59(58-70-72(67,68)69-57-56-64(4,5)6)60(53-50-47-44-41-38-27-24-21-18-15-12-9-3)71-62(66)55-52-49-46-43-40-37-35-33-31-29-26-23-20-17-14-11-8-2/h11,14,17,20,23,26,28-31,33,35,37,40,50,53,59-60H,7-10,12-13,15-16,18-19,21-22,24-25,27,32,34,36,38-39,41-49,51-52,54-58H2,1-6H3,(H-,63,65,67,68)/p+1/b14-11-,20-17+,26-23+,30-28+,31-29-,35-33+,40-37+,53-50+. The van der Waals surface area contributed by atoms with Crippen molar-refractivity contribution in [3.05, 3.63) is 97.2 Å². The Labute approximate surface area is 443 Å². The number of ether oxygens (including phenoxy) is 1. The lowest BCUT2D eigenvalue weighted by atomic mass is 10.0. The van der Waals surface area contributed by atoms with Gasteiger partial charge < -0.3 is 19.4 Å². The normalized spacial score (nSPS) is 14.5. The second kappa shape index (κ2) is 51.4. The number of quaternary nitrogens is 1. The Morgan fingerprint density at radius 2 is 0.903 bits per heavy atom. The van der Waals surface area contributed by atoms with Crippen molar-refractivity contribution in [2.75, 3.05) is 40.9 Å². The second-order valence-corrected chi connectivity index (χ2v) is 22.0. The Bertz CT molecular complexity index is 1560. The van der Waals surface area contributed by atoms with Crippen LogP contribution in [0.4, 0.5) is 0 Å². The lowest BCUT2D eigenvalue weighted by Crippen LogP contribution is -2.47. The van der Waals surface area contributed by atoms with Crippen molar-refractivity contribution in [2.24, 2.45) is 0 Å². The van der Waals surface area contributed by atoms with Crippen LogP contribution in [0.2, 0.25) is 0 Å². The molecule has 10 heteroatoms. The fraction of sp³-hybridized carbons (Fsp3) is 0.710. The summed E-state index contributed by atoms with van der Waals surface area (Å²) < 4.78 is 30.6. The van der Waals surface area contributed by atoms with Crippen LogP contribution in [0.15, 0.2) is 97.2 Å². The molecule has 0 rings (SSSR count). The number of rotatable bonds is 51. The number of hydrogen-bond donors (Lipinski definition) is 2. The van der Waals surface area contributed by atoms with Gasteiger partial charge in [-0.15, -0.1) is 0 Å². The average molecular weight is 1030 g/mol. The smallest absolute Gasteiger partial charge is 0.456 e. The predicted molar refractivity (Wildman–Crippen MR) is 309 cm³/mol. The van der Waals surface area contributed by atoms with E-state index in [1.54, 1.807) is 0 Å². The summed E-state index contributed by atoms with van der Waals surface area (Å²) in [6.45, 7) is 6.81. The lowest BCUT2D eigenvalue weighted by Gasteiger charge is -2.27. The third kappa shape index (κ3) is 51.8. The van der Waals surface area contributed by atoms with Gasteiger partial charge in [0.1, 0.15) is 19.3 Å². The van der Waals surface area contributed by atoms with E-state index < -0.39 is 20.0 Å². The quantitative estimate of drug-likeness (QED) is 0.0156. The molecule has 0 aliphatic carbocycles. The number of carbonyl (C=O) groups excluding carboxylic acids is 2. The molecule has 9 nitrogen and oxygen atoms in total. The van der Waals surface area contributed by atoms with E-state index in [-0.39, 0.29) is 31.5 Å². The molecule has 3 atom stereocenters. The molecule has 2 N–H and O–H groups in total. The van der Waals surface area contributed by atoms with E-state index in [1.165, 1.54) is 116 Å². The zero-order valence-electron chi connectivity index (χ0n) is 47.1. The van der Waals surface area contributed by atoms with E-state index in [1.807, 2.05) is 94.1 Å². The fourth-order valence-electron chi connectivity index (χ4n) is 7.91. The topological polar surface area (TPSA) is 111 Å². The highest BCUT2D eigenvalue weighted by molar-refractivity contribution is 7.47. The van der Waals surface area contributed by atoms with E-state index in [2.05, 4.69) is 50.4 Å². The van der Waals surface area contributed by atoms with Crippen LogP contribution in [0.1, 0.15) is 233 Å². The Hall–Kier alpha value is -3.07. The molecule has 72 heavy (non-hydrogen) atoms. The number of hydrogen-bond acceptors (Lipinski definition) is 6. The molecule has 0 saturated carbocycles. The number of nitrogens with one attached hydrogen (secondary N) is 1. The van der Waals surface area contributed by atoms with Crippen LogP contribution in [0.25, 0.3) is 0 Å². The van der Waals surface area contributed by atoms with Crippen LogP contribution in [-0.2, 0) is 27.9 Å². The molecule has 0 aromatic rings. The van der Waals surface area contributed by atoms with Gasteiger partial charge in [0, 0.05) is 12.8 Å². The molecule has 0 radical (unpaired) electrons. The summed E-state index contributed by atoms with van der Waals surface area (Å²) in [4.78, 5) is 37.6. The molecule has 0 spiro atoms. The first kappa shape index (κ1) is 68.9. The largest absolute Gasteiger partial charge is 0.472 e. The highest BCUT2D eigenvalue weighted by atomic mass is 31.2. The number of esters is 1. The first-order valence-electron chi connectivity index (χ1n) is 29.1. The number of allylic oxidation sites excluding steroid dienone is 15. The number of carbonyl (C=O) groups is 2. The molecule has 3 unspecified atom stereocenters. The molecular formula is C62H110N2O7P+. The van der Waals surface area contributed by atoms with Gasteiger partial charge in [-0.25, -0.2) is 4.57 Å². The van der Waals surface area contributed by atoms with Gasteiger partial charge >= 0.3 is 13.8 Å². The van der Waals surface area contributed by atoms with Crippen LogP contribution in [0, 0.1) is 0 Å². The van der Waals surface area contributed by atoms with Gasteiger partial charge in [-0.2, -0.15) is 0 Å². The Morgan fingerprint density at radius 3 is 1.39 bits per heavy atom. The predicted octanol–water partition coefficient (Wildman–Crippen LogP) is 17.6. The molecule has 0 aliphatic heterocycles. The van der Waals surface area contributed by atoms with Crippen molar-refractivity contribution >= 4 is 19.7 Å². The zero-order valence-corrected chi connectivity index (χ0v) is 48.0. The Kier molecular flexibility index (Phi) is 49.2. The molecule has 0 saturated heterocycles. The van der Waals surface area contributed by atoms with Crippen LogP contribution >= 0.6 is 7.82 Å². The maximum atomic E-state index is 13.5. The summed E-state index contributed by atoms with van der Waals surface area (Å²) in [5.41, 5.74) is 0. The van der Waals surface area contributed by atoms with Crippen molar-refractivity contribution in [3.63, 3.8) is 0 Å². The minimum Gasteiger partial charge on any atom is -0.456 e. The molecular weight excluding hydrogens is 916 g/mol. The summed E-state index contributed by atoms with van der Waals surface area (Å²) in [5.74, 6) is -0.566. The first-order chi connectivity index (χ1) is 34.9. The van der Waals surface area contributed by atoms with E-state index >= 15 is 0 Å². The van der Waals surface area contributed by atoms with E-state index in [4.69, 9.17) is 13.8 Å². The second-order valence-electron chi connectivity index (χ2n) is 20.6. The van der Waals surface area contributed by atoms with Gasteiger partial charge in [0.15, 0.2) is 0 Å². The van der Waals surface area contributed by atoms with Gasteiger partial charge in [0.25, 0.3) is 0 Å². The fourth-order valence-corrected chi connectivity index (χ4v) is 8.64. The van der Waals surface area contributed by atoms with E-state index in [0.29, 0.717) is 23.9 Å². The van der Waals surface area contributed by atoms with Crippen molar-refractivity contribution in [2.45, 2.75) is 245 Å².